The van der Waals surface area contributed by atoms with Crippen LogP contribution >= 0.6 is 0 Å². The lowest BCUT2D eigenvalue weighted by Gasteiger charge is -2.24. The fraction of sp³-hybridized carbons (Fsp3) is 0.323. The molecule has 206 valence electrons. The molecular formula is C31H43N3O4. The van der Waals surface area contributed by atoms with E-state index in [1.54, 1.807) is 54.7 Å². The van der Waals surface area contributed by atoms with Crippen LogP contribution in [0.25, 0.3) is 0 Å². The lowest BCUT2D eigenvalue weighted by Crippen LogP contribution is -2.44. The third kappa shape index (κ3) is 11.8. The Morgan fingerprint density at radius 2 is 1.21 bits per heavy atom. The minimum Gasteiger partial charge on any atom is -0.508 e. The number of carbonyl (C=O) groups is 1. The Labute approximate surface area is 227 Å². The molecule has 0 aromatic heterocycles. The summed E-state index contributed by atoms with van der Waals surface area (Å²) < 4.78 is 0. The highest BCUT2D eigenvalue weighted by Gasteiger charge is 2.24. The highest BCUT2D eigenvalue weighted by molar-refractivity contribution is 6.38. The molecule has 0 saturated carbocycles. The minimum atomic E-state index is -0.428. The van der Waals surface area contributed by atoms with Gasteiger partial charge in [-0.15, -0.1) is 0 Å². The summed E-state index contributed by atoms with van der Waals surface area (Å²) >= 11 is 0. The van der Waals surface area contributed by atoms with Gasteiger partial charge in [-0.1, -0.05) is 76.2 Å². The van der Waals surface area contributed by atoms with Crippen molar-refractivity contribution in [2.75, 3.05) is 7.11 Å². The summed E-state index contributed by atoms with van der Waals surface area (Å²) in [4.78, 5) is 21.5. The summed E-state index contributed by atoms with van der Waals surface area (Å²) in [6, 6.07) is 25.1. The van der Waals surface area contributed by atoms with Gasteiger partial charge in [0.15, 0.2) is 0 Å². The lowest BCUT2D eigenvalue weighted by molar-refractivity contribution is -0.123. The van der Waals surface area contributed by atoms with Crippen LogP contribution in [0, 0.1) is 0 Å². The van der Waals surface area contributed by atoms with Crippen LogP contribution in [0.3, 0.4) is 0 Å². The number of hydrogen-bond acceptors (Lipinski definition) is 6. The highest BCUT2D eigenvalue weighted by Crippen LogP contribution is 2.20. The number of aliphatic hydroxyl groups excluding tert-OH is 1. The molecule has 0 spiro atoms. The first-order valence-electron chi connectivity index (χ1n) is 12.9. The highest BCUT2D eigenvalue weighted by atomic mass is 16.3. The van der Waals surface area contributed by atoms with Crippen molar-refractivity contribution in [2.24, 2.45) is 9.98 Å². The number of aliphatic imine (C=N–C) groups is 2. The maximum atomic E-state index is 12.5. The molecule has 3 atom stereocenters. The average Bonchev–Trinajstić information content (AvgIpc) is 2.99. The number of hydrogen-bond donors (Lipinski definition) is 4. The third-order valence-corrected chi connectivity index (χ3v) is 5.06. The van der Waals surface area contributed by atoms with Crippen LogP contribution in [0.5, 0.6) is 11.5 Å². The molecule has 3 aromatic rings. The molecule has 7 heteroatoms. The van der Waals surface area contributed by atoms with E-state index in [0.29, 0.717) is 0 Å². The second-order valence-corrected chi connectivity index (χ2v) is 7.50. The normalized spacial score (nSPS) is 15.6. The van der Waals surface area contributed by atoms with Crippen LogP contribution in [0.4, 0.5) is 0 Å². The van der Waals surface area contributed by atoms with Crippen LogP contribution in [0.1, 0.15) is 58.6 Å². The van der Waals surface area contributed by atoms with Crippen molar-refractivity contribution in [3.05, 3.63) is 96.1 Å². The van der Waals surface area contributed by atoms with Gasteiger partial charge in [-0.25, -0.2) is 0 Å². The Kier molecular flexibility index (Phi) is 18.0. The summed E-state index contributed by atoms with van der Waals surface area (Å²) in [5.41, 5.74) is 2.40. The molecule has 4 N–H and O–H groups in total. The van der Waals surface area contributed by atoms with Crippen LogP contribution in [-0.4, -0.2) is 52.5 Å². The Hall–Kier alpha value is -3.97. The first-order valence-corrected chi connectivity index (χ1v) is 12.9. The molecule has 0 aliphatic carbocycles. The van der Waals surface area contributed by atoms with E-state index in [-0.39, 0.29) is 29.4 Å². The SMILES string of the molecule is CC.CC.CC(C(=O)NC1N=CC(c2ccc(O)cc2)=NC1C)c1ccc(O)cc1.CO.c1ccccc1. The molecule has 0 radical (unpaired) electrons. The zero-order valence-electron chi connectivity index (χ0n) is 23.5. The second-order valence-electron chi connectivity index (χ2n) is 7.50. The maximum Gasteiger partial charge on any atom is 0.228 e. The van der Waals surface area contributed by atoms with Gasteiger partial charge in [0.25, 0.3) is 0 Å². The molecule has 0 bridgehead atoms. The topological polar surface area (TPSA) is 115 Å². The summed E-state index contributed by atoms with van der Waals surface area (Å²) in [6.45, 7) is 11.7. The van der Waals surface area contributed by atoms with Gasteiger partial charge >= 0.3 is 0 Å². The number of nitrogens with zero attached hydrogens (tertiary/aromatic N) is 2. The van der Waals surface area contributed by atoms with Crippen molar-refractivity contribution in [2.45, 2.75) is 59.7 Å². The van der Waals surface area contributed by atoms with E-state index in [9.17, 15) is 15.0 Å². The minimum absolute atomic E-state index is 0.145. The first-order chi connectivity index (χ1) is 18.4. The molecule has 1 aliphatic rings. The summed E-state index contributed by atoms with van der Waals surface area (Å²) in [5, 5.41) is 28.6. The van der Waals surface area contributed by atoms with Crippen LogP contribution in [0.2, 0.25) is 0 Å². The lowest BCUT2D eigenvalue weighted by atomic mass is 10.00. The maximum absolute atomic E-state index is 12.5. The van der Waals surface area contributed by atoms with Gasteiger partial charge in [0, 0.05) is 18.9 Å². The number of amides is 1. The number of phenols is 2. The molecule has 7 nitrogen and oxygen atoms in total. The molecule has 38 heavy (non-hydrogen) atoms. The quantitative estimate of drug-likeness (QED) is 0.339. The largest absolute Gasteiger partial charge is 0.508 e. The van der Waals surface area contributed by atoms with Gasteiger partial charge in [-0.05, 0) is 55.8 Å². The van der Waals surface area contributed by atoms with E-state index in [1.165, 1.54) is 0 Å². The predicted octanol–water partition coefficient (Wildman–Crippen LogP) is 5.95. The van der Waals surface area contributed by atoms with E-state index in [0.717, 1.165) is 23.9 Å². The van der Waals surface area contributed by atoms with Crippen molar-refractivity contribution < 1.29 is 20.1 Å². The van der Waals surface area contributed by atoms with Crippen molar-refractivity contribution >= 4 is 17.8 Å². The van der Waals surface area contributed by atoms with Crippen LogP contribution in [0.15, 0.2) is 94.9 Å². The van der Waals surface area contributed by atoms with E-state index in [4.69, 9.17) is 5.11 Å². The number of carbonyl (C=O) groups excluding carboxylic acids is 1. The smallest absolute Gasteiger partial charge is 0.228 e. The zero-order valence-corrected chi connectivity index (χ0v) is 23.5. The monoisotopic (exact) mass is 521 g/mol. The van der Waals surface area contributed by atoms with E-state index < -0.39 is 6.17 Å². The van der Waals surface area contributed by atoms with Crippen molar-refractivity contribution in [3.8, 4) is 11.5 Å². The number of benzene rings is 3. The van der Waals surface area contributed by atoms with Gasteiger partial charge in [-0.3, -0.25) is 14.8 Å². The fourth-order valence-electron chi connectivity index (χ4n) is 3.11. The number of aromatic hydroxyl groups is 2. The second kappa shape index (κ2) is 20.1. The number of rotatable bonds is 4. The Morgan fingerprint density at radius 3 is 1.63 bits per heavy atom. The predicted molar refractivity (Wildman–Crippen MR) is 158 cm³/mol. The van der Waals surface area contributed by atoms with Crippen molar-refractivity contribution in [3.63, 3.8) is 0 Å². The molecule has 4 rings (SSSR count). The molecule has 1 amide bonds. The van der Waals surface area contributed by atoms with Crippen LogP contribution in [-0.2, 0) is 4.79 Å². The van der Waals surface area contributed by atoms with Crippen molar-refractivity contribution in [1.29, 1.82) is 0 Å². The summed E-state index contributed by atoms with van der Waals surface area (Å²) in [5.74, 6) is -0.139. The molecule has 0 saturated heterocycles. The number of aliphatic hydroxyl groups is 1. The number of nitrogens with one attached hydrogen (secondary N) is 1. The molecular weight excluding hydrogens is 478 g/mol. The molecule has 3 unspecified atom stereocenters. The van der Waals surface area contributed by atoms with Gasteiger partial charge in [-0.2, -0.15) is 0 Å². The molecule has 1 aliphatic heterocycles. The molecule has 1 heterocycles. The van der Waals surface area contributed by atoms with Gasteiger partial charge in [0.1, 0.15) is 17.7 Å². The van der Waals surface area contributed by atoms with Crippen molar-refractivity contribution in [1.82, 2.24) is 5.32 Å². The summed E-state index contributed by atoms with van der Waals surface area (Å²) in [6.07, 6.45) is 1.21. The summed E-state index contributed by atoms with van der Waals surface area (Å²) in [7, 11) is 1.00. The van der Waals surface area contributed by atoms with E-state index in [2.05, 4.69) is 15.3 Å². The Morgan fingerprint density at radius 1 is 0.789 bits per heavy atom. The molecule has 0 fully saturated rings. The zero-order chi connectivity index (χ0) is 28.9. The first kappa shape index (κ1) is 34.0. The van der Waals surface area contributed by atoms with E-state index in [1.807, 2.05) is 77.9 Å². The molecule has 3 aromatic carbocycles. The third-order valence-electron chi connectivity index (χ3n) is 5.06. The number of phenolic OH excluding ortho intramolecular Hbond substituents is 2. The fourth-order valence-corrected chi connectivity index (χ4v) is 3.11. The van der Waals surface area contributed by atoms with Gasteiger partial charge in [0.2, 0.25) is 5.91 Å². The standard InChI is InChI=1S/C20H21N3O3.C6H6.2C2H6.CH4O/c1-12(14-3-7-16(24)8-4-14)20(26)23-19-13(2)22-18(11-21-19)15-5-9-17(25)10-6-15;1-2-4-6-5-3-1;3*1-2/h3-13,19,24-25H,1-2H3,(H,23,26);1-6H;2*1-2H3;2H,1H3. The Bertz CT molecular complexity index is 1040. The Balaban J connectivity index is 0.000000964. The average molecular weight is 522 g/mol. The van der Waals surface area contributed by atoms with Crippen LogP contribution < -0.4 is 5.32 Å². The van der Waals surface area contributed by atoms with Gasteiger partial charge < -0.3 is 20.6 Å². The van der Waals surface area contributed by atoms with Gasteiger partial charge in [0.05, 0.1) is 17.7 Å². The van der Waals surface area contributed by atoms with E-state index >= 15 is 0 Å².